The van der Waals surface area contributed by atoms with Crippen LogP contribution in [0.25, 0.3) is 0 Å². The highest BCUT2D eigenvalue weighted by Crippen LogP contribution is 2.21. The van der Waals surface area contributed by atoms with E-state index in [2.05, 4.69) is 5.32 Å². The zero-order chi connectivity index (χ0) is 17.8. The Bertz CT molecular complexity index is 601. The second-order valence-corrected chi connectivity index (χ2v) is 6.82. The van der Waals surface area contributed by atoms with E-state index in [4.69, 9.17) is 9.15 Å². The lowest BCUT2D eigenvalue weighted by atomic mass is 9.95. The van der Waals surface area contributed by atoms with E-state index in [9.17, 15) is 9.59 Å². The van der Waals surface area contributed by atoms with E-state index in [0.717, 1.165) is 24.4 Å². The third kappa shape index (κ3) is 4.34. The van der Waals surface area contributed by atoms with Crippen molar-refractivity contribution < 1.29 is 18.7 Å². The molecule has 1 aromatic rings. The molecule has 2 fully saturated rings. The molecule has 7 heteroatoms. The molecule has 2 aliphatic heterocycles. The molecule has 0 bridgehead atoms. The fraction of sp³-hybridized carbons (Fsp3) is 0.667. The number of amides is 3. The maximum absolute atomic E-state index is 12.5. The number of ether oxygens (including phenoxy) is 1. The lowest BCUT2D eigenvalue weighted by Gasteiger charge is -2.35. The van der Waals surface area contributed by atoms with Crippen LogP contribution in [0.1, 0.15) is 37.3 Å². The van der Waals surface area contributed by atoms with Gasteiger partial charge in [0.2, 0.25) is 5.91 Å². The molecule has 138 valence electrons. The average Bonchev–Trinajstić information content (AvgIpc) is 3.08. The highest BCUT2D eigenvalue weighted by molar-refractivity contribution is 5.80. The first-order valence-corrected chi connectivity index (χ1v) is 9.03. The SMILES string of the molecule is Cc1ccc([C@H](C)NC(=O)N2CCC(C(=O)N3CCOCC3)CC2)o1. The van der Waals surface area contributed by atoms with Crippen LogP contribution in [-0.2, 0) is 9.53 Å². The van der Waals surface area contributed by atoms with Crippen LogP contribution in [0.5, 0.6) is 0 Å². The first-order chi connectivity index (χ1) is 12.0. The van der Waals surface area contributed by atoms with Gasteiger partial charge >= 0.3 is 6.03 Å². The Morgan fingerprint density at radius 2 is 1.80 bits per heavy atom. The van der Waals surface area contributed by atoms with Gasteiger partial charge in [-0.3, -0.25) is 4.79 Å². The summed E-state index contributed by atoms with van der Waals surface area (Å²) >= 11 is 0. The highest BCUT2D eigenvalue weighted by Gasteiger charge is 2.31. The molecule has 0 aliphatic carbocycles. The molecule has 1 aromatic heterocycles. The number of carbonyl (C=O) groups excluding carboxylic acids is 2. The third-order valence-electron chi connectivity index (χ3n) is 4.98. The Morgan fingerprint density at radius 1 is 1.12 bits per heavy atom. The Hall–Kier alpha value is -2.02. The summed E-state index contributed by atoms with van der Waals surface area (Å²) in [6, 6.07) is 3.50. The second-order valence-electron chi connectivity index (χ2n) is 6.82. The van der Waals surface area contributed by atoms with Gasteiger partial charge in [-0.15, -0.1) is 0 Å². The maximum atomic E-state index is 12.5. The molecule has 3 rings (SSSR count). The van der Waals surface area contributed by atoms with Crippen molar-refractivity contribution in [3.8, 4) is 0 Å². The Kier molecular flexibility index (Phi) is 5.63. The number of urea groups is 1. The first kappa shape index (κ1) is 17.8. The van der Waals surface area contributed by atoms with E-state index in [1.54, 1.807) is 4.90 Å². The van der Waals surface area contributed by atoms with E-state index in [1.807, 2.05) is 30.9 Å². The van der Waals surface area contributed by atoms with Crippen LogP contribution in [0.4, 0.5) is 4.79 Å². The topological polar surface area (TPSA) is 75.0 Å². The fourth-order valence-electron chi connectivity index (χ4n) is 3.41. The molecular formula is C18H27N3O4. The number of likely N-dealkylation sites (tertiary alicyclic amines) is 1. The first-order valence-electron chi connectivity index (χ1n) is 9.03. The summed E-state index contributed by atoms with van der Waals surface area (Å²) < 4.78 is 10.9. The molecular weight excluding hydrogens is 322 g/mol. The van der Waals surface area contributed by atoms with Gasteiger partial charge in [0.15, 0.2) is 0 Å². The molecule has 2 aliphatic rings. The van der Waals surface area contributed by atoms with Crippen molar-refractivity contribution in [2.24, 2.45) is 5.92 Å². The number of hydrogen-bond donors (Lipinski definition) is 1. The monoisotopic (exact) mass is 349 g/mol. The number of hydrogen-bond acceptors (Lipinski definition) is 4. The van der Waals surface area contributed by atoms with Crippen LogP contribution < -0.4 is 5.32 Å². The molecule has 7 nitrogen and oxygen atoms in total. The Labute approximate surface area is 148 Å². The molecule has 3 heterocycles. The van der Waals surface area contributed by atoms with E-state index in [1.165, 1.54) is 0 Å². The van der Waals surface area contributed by atoms with E-state index in [-0.39, 0.29) is 23.9 Å². The van der Waals surface area contributed by atoms with Crippen LogP contribution in [0, 0.1) is 12.8 Å². The minimum absolute atomic E-state index is 0.0206. The zero-order valence-electron chi connectivity index (χ0n) is 15.0. The lowest BCUT2D eigenvalue weighted by Crippen LogP contribution is -2.49. The van der Waals surface area contributed by atoms with Crippen LogP contribution in [-0.4, -0.2) is 61.1 Å². The number of rotatable bonds is 3. The molecule has 2 saturated heterocycles. The summed E-state index contributed by atoms with van der Waals surface area (Å²) in [6.07, 6.45) is 1.44. The van der Waals surface area contributed by atoms with Crippen molar-refractivity contribution >= 4 is 11.9 Å². The van der Waals surface area contributed by atoms with E-state index >= 15 is 0 Å². The van der Waals surface area contributed by atoms with Gasteiger partial charge in [0.1, 0.15) is 11.5 Å². The Balaban J connectivity index is 1.46. The zero-order valence-corrected chi connectivity index (χ0v) is 15.0. The minimum Gasteiger partial charge on any atom is -0.464 e. The molecule has 0 aromatic carbocycles. The summed E-state index contributed by atoms with van der Waals surface area (Å²) in [5.41, 5.74) is 0. The highest BCUT2D eigenvalue weighted by atomic mass is 16.5. The van der Waals surface area contributed by atoms with Gasteiger partial charge < -0.3 is 24.3 Å². The van der Waals surface area contributed by atoms with Crippen LogP contribution in [0.15, 0.2) is 16.5 Å². The van der Waals surface area contributed by atoms with Gasteiger partial charge in [-0.2, -0.15) is 0 Å². The van der Waals surface area contributed by atoms with Crippen LogP contribution in [0.2, 0.25) is 0 Å². The van der Waals surface area contributed by atoms with Crippen molar-refractivity contribution in [1.29, 1.82) is 0 Å². The molecule has 1 atom stereocenters. The largest absolute Gasteiger partial charge is 0.464 e. The molecule has 3 amide bonds. The van der Waals surface area contributed by atoms with Gasteiger partial charge in [0, 0.05) is 32.1 Å². The maximum Gasteiger partial charge on any atom is 0.317 e. The minimum atomic E-state index is -0.172. The van der Waals surface area contributed by atoms with Gasteiger partial charge in [-0.25, -0.2) is 4.79 Å². The molecule has 0 unspecified atom stereocenters. The molecule has 25 heavy (non-hydrogen) atoms. The summed E-state index contributed by atoms with van der Waals surface area (Å²) in [4.78, 5) is 28.6. The van der Waals surface area contributed by atoms with Gasteiger partial charge in [0.25, 0.3) is 0 Å². The molecule has 0 saturated carbocycles. The predicted octanol–water partition coefficient (Wildman–Crippen LogP) is 1.93. The van der Waals surface area contributed by atoms with Crippen molar-refractivity contribution in [3.63, 3.8) is 0 Å². The average molecular weight is 349 g/mol. The fourth-order valence-corrected chi connectivity index (χ4v) is 3.41. The standard InChI is InChI=1S/C18H27N3O4/c1-13-3-4-16(25-13)14(2)19-18(23)21-7-5-15(6-8-21)17(22)20-9-11-24-12-10-20/h3-4,14-15H,5-12H2,1-2H3,(H,19,23)/t14-/m0/s1. The van der Waals surface area contributed by atoms with Crippen molar-refractivity contribution in [1.82, 2.24) is 15.1 Å². The van der Waals surface area contributed by atoms with Crippen molar-refractivity contribution in [2.45, 2.75) is 32.7 Å². The smallest absolute Gasteiger partial charge is 0.317 e. The second kappa shape index (κ2) is 7.91. The predicted molar refractivity (Wildman–Crippen MR) is 92.1 cm³/mol. The molecule has 1 N–H and O–H groups in total. The number of morpholine rings is 1. The van der Waals surface area contributed by atoms with Crippen molar-refractivity contribution in [2.75, 3.05) is 39.4 Å². The normalized spacial score (nSPS) is 20.4. The van der Waals surface area contributed by atoms with Gasteiger partial charge in [-0.05, 0) is 38.8 Å². The summed E-state index contributed by atoms with van der Waals surface area (Å²) in [5, 5.41) is 2.97. The quantitative estimate of drug-likeness (QED) is 0.905. The molecule has 0 spiro atoms. The third-order valence-corrected chi connectivity index (χ3v) is 4.98. The van der Waals surface area contributed by atoms with Crippen molar-refractivity contribution in [3.05, 3.63) is 23.7 Å². The lowest BCUT2D eigenvalue weighted by molar-refractivity contribution is -0.141. The van der Waals surface area contributed by atoms with Gasteiger partial charge in [-0.1, -0.05) is 0 Å². The Morgan fingerprint density at radius 3 is 2.40 bits per heavy atom. The summed E-state index contributed by atoms with van der Waals surface area (Å²) in [5.74, 6) is 1.82. The van der Waals surface area contributed by atoms with Crippen LogP contribution >= 0.6 is 0 Å². The number of aryl methyl sites for hydroxylation is 1. The number of carbonyl (C=O) groups is 2. The molecule has 0 radical (unpaired) electrons. The summed E-state index contributed by atoms with van der Waals surface area (Å²) in [6.45, 7) is 7.61. The number of piperidine rings is 1. The number of furan rings is 1. The van der Waals surface area contributed by atoms with Gasteiger partial charge in [0.05, 0.1) is 19.3 Å². The summed E-state index contributed by atoms with van der Waals surface area (Å²) in [7, 11) is 0. The van der Waals surface area contributed by atoms with E-state index in [0.29, 0.717) is 39.4 Å². The van der Waals surface area contributed by atoms with Crippen LogP contribution in [0.3, 0.4) is 0 Å². The van der Waals surface area contributed by atoms with E-state index < -0.39 is 0 Å². The number of nitrogens with zero attached hydrogens (tertiary/aromatic N) is 2. The number of nitrogens with one attached hydrogen (secondary N) is 1.